The van der Waals surface area contributed by atoms with E-state index >= 15 is 0 Å². The van der Waals surface area contributed by atoms with E-state index in [-0.39, 0.29) is 24.8 Å². The summed E-state index contributed by atoms with van der Waals surface area (Å²) in [6.07, 6.45) is 0.167. The molecule has 0 bridgehead atoms. The van der Waals surface area contributed by atoms with E-state index in [0.717, 1.165) is 12.1 Å². The fraction of sp³-hybridized carbons (Fsp3) is 0.278. The molecular weight excluding hydrogens is 378 g/mol. The number of halogens is 2. The Kier molecular flexibility index (Phi) is 5.43. The van der Waals surface area contributed by atoms with Gasteiger partial charge in [0, 0.05) is 31.3 Å². The number of nitrogens with zero attached hydrogens (tertiary/aromatic N) is 1. The molecule has 2 aromatic rings. The minimum absolute atomic E-state index is 0.0302. The van der Waals surface area contributed by atoms with Gasteiger partial charge in [0.25, 0.3) is 0 Å². The van der Waals surface area contributed by atoms with Crippen LogP contribution in [0.4, 0.5) is 14.5 Å². The molecule has 0 aliphatic carbocycles. The predicted molar refractivity (Wildman–Crippen MR) is 95.0 cm³/mol. The summed E-state index contributed by atoms with van der Waals surface area (Å²) in [6, 6.07) is 9.22. The van der Waals surface area contributed by atoms with Crippen LogP contribution in [0.15, 0.2) is 47.4 Å². The maximum absolute atomic E-state index is 13.7. The molecule has 1 amide bonds. The zero-order valence-electron chi connectivity index (χ0n) is 14.5. The number of anilines is 1. The SMILES string of the molecule is COc1ccc(N2C[C@@H](CNS(=O)(=O)c3ccc(F)cc3F)CC2=O)cc1. The van der Waals surface area contributed by atoms with Gasteiger partial charge in [-0.15, -0.1) is 0 Å². The van der Waals surface area contributed by atoms with Gasteiger partial charge in [-0.3, -0.25) is 4.79 Å². The largest absolute Gasteiger partial charge is 0.497 e. The number of amides is 1. The Bertz CT molecular complexity index is 948. The van der Waals surface area contributed by atoms with Crippen molar-refractivity contribution < 1.29 is 26.7 Å². The second-order valence-corrected chi connectivity index (χ2v) is 7.93. The molecule has 0 spiro atoms. The number of carbonyl (C=O) groups excluding carboxylic acids is 1. The van der Waals surface area contributed by atoms with Crippen molar-refractivity contribution >= 4 is 21.6 Å². The van der Waals surface area contributed by atoms with Crippen LogP contribution in [0.1, 0.15) is 6.42 Å². The summed E-state index contributed by atoms with van der Waals surface area (Å²) in [6.45, 7) is 0.303. The van der Waals surface area contributed by atoms with Crippen LogP contribution in [0, 0.1) is 17.6 Å². The predicted octanol–water partition coefficient (Wildman–Crippen LogP) is 2.30. The first kappa shape index (κ1) is 19.2. The highest BCUT2D eigenvalue weighted by molar-refractivity contribution is 7.89. The third kappa shape index (κ3) is 4.25. The molecule has 0 saturated carbocycles. The van der Waals surface area contributed by atoms with Crippen molar-refractivity contribution in [1.82, 2.24) is 4.72 Å². The average molecular weight is 396 g/mol. The van der Waals surface area contributed by atoms with Crippen molar-refractivity contribution in [3.05, 3.63) is 54.1 Å². The van der Waals surface area contributed by atoms with Crippen LogP contribution in [0.25, 0.3) is 0 Å². The maximum atomic E-state index is 13.7. The summed E-state index contributed by atoms with van der Waals surface area (Å²) >= 11 is 0. The van der Waals surface area contributed by atoms with Gasteiger partial charge in [0.15, 0.2) is 0 Å². The highest BCUT2D eigenvalue weighted by Crippen LogP contribution is 2.27. The van der Waals surface area contributed by atoms with Gasteiger partial charge in [-0.05, 0) is 42.3 Å². The van der Waals surface area contributed by atoms with Crippen LogP contribution >= 0.6 is 0 Å². The molecule has 1 aliphatic rings. The number of nitrogens with one attached hydrogen (secondary N) is 1. The van der Waals surface area contributed by atoms with Crippen LogP contribution in [0.5, 0.6) is 5.75 Å². The van der Waals surface area contributed by atoms with E-state index in [1.807, 2.05) is 0 Å². The van der Waals surface area contributed by atoms with E-state index in [0.29, 0.717) is 24.0 Å². The Labute approximate surface area is 155 Å². The number of methoxy groups -OCH3 is 1. The van der Waals surface area contributed by atoms with Gasteiger partial charge in [0.05, 0.1) is 7.11 Å². The molecule has 9 heteroatoms. The zero-order chi connectivity index (χ0) is 19.6. The van der Waals surface area contributed by atoms with Crippen molar-refractivity contribution in [2.24, 2.45) is 5.92 Å². The summed E-state index contributed by atoms with van der Waals surface area (Å²) in [4.78, 5) is 13.2. The van der Waals surface area contributed by atoms with Crippen molar-refractivity contribution in [1.29, 1.82) is 0 Å². The normalized spacial score (nSPS) is 17.4. The molecule has 1 atom stereocenters. The lowest BCUT2D eigenvalue weighted by Crippen LogP contribution is -2.31. The van der Waals surface area contributed by atoms with E-state index in [9.17, 15) is 22.0 Å². The van der Waals surface area contributed by atoms with Gasteiger partial charge < -0.3 is 9.64 Å². The van der Waals surface area contributed by atoms with E-state index in [2.05, 4.69) is 4.72 Å². The minimum Gasteiger partial charge on any atom is -0.497 e. The highest BCUT2D eigenvalue weighted by atomic mass is 32.2. The monoisotopic (exact) mass is 396 g/mol. The first-order chi connectivity index (χ1) is 12.8. The van der Waals surface area contributed by atoms with E-state index in [1.54, 1.807) is 36.3 Å². The lowest BCUT2D eigenvalue weighted by Gasteiger charge is -2.17. The van der Waals surface area contributed by atoms with Gasteiger partial charge in [-0.1, -0.05) is 0 Å². The number of hydrogen-bond acceptors (Lipinski definition) is 4. The number of rotatable bonds is 6. The average Bonchev–Trinajstić information content (AvgIpc) is 3.01. The first-order valence-corrected chi connectivity index (χ1v) is 9.67. The van der Waals surface area contributed by atoms with Gasteiger partial charge in [-0.2, -0.15) is 0 Å². The van der Waals surface area contributed by atoms with Crippen LogP contribution in [0.3, 0.4) is 0 Å². The third-order valence-electron chi connectivity index (χ3n) is 4.33. The summed E-state index contributed by atoms with van der Waals surface area (Å²) in [7, 11) is -2.60. The minimum atomic E-state index is -4.14. The molecule has 0 unspecified atom stereocenters. The Hall–Kier alpha value is -2.52. The Balaban J connectivity index is 1.65. The van der Waals surface area contributed by atoms with Gasteiger partial charge in [0.2, 0.25) is 15.9 Å². The van der Waals surface area contributed by atoms with Crippen molar-refractivity contribution in [3.63, 3.8) is 0 Å². The molecule has 144 valence electrons. The number of benzene rings is 2. The van der Waals surface area contributed by atoms with E-state index in [4.69, 9.17) is 4.74 Å². The number of ether oxygens (including phenoxy) is 1. The fourth-order valence-corrected chi connectivity index (χ4v) is 4.10. The molecule has 0 radical (unpaired) electrons. The molecular formula is C18H18F2N2O4S. The maximum Gasteiger partial charge on any atom is 0.243 e. The zero-order valence-corrected chi connectivity index (χ0v) is 15.3. The molecule has 1 fully saturated rings. The molecule has 1 aliphatic heterocycles. The van der Waals surface area contributed by atoms with Gasteiger partial charge >= 0.3 is 0 Å². The van der Waals surface area contributed by atoms with Crippen LogP contribution in [0.2, 0.25) is 0 Å². The van der Waals surface area contributed by atoms with Gasteiger partial charge in [0.1, 0.15) is 22.3 Å². The van der Waals surface area contributed by atoms with Gasteiger partial charge in [-0.25, -0.2) is 21.9 Å². The molecule has 6 nitrogen and oxygen atoms in total. The van der Waals surface area contributed by atoms with Crippen LogP contribution in [-0.4, -0.2) is 34.5 Å². The first-order valence-electron chi connectivity index (χ1n) is 8.19. The quantitative estimate of drug-likeness (QED) is 0.813. The summed E-state index contributed by atoms with van der Waals surface area (Å²) in [5, 5.41) is 0. The van der Waals surface area contributed by atoms with Crippen LogP contribution in [-0.2, 0) is 14.8 Å². The molecule has 27 heavy (non-hydrogen) atoms. The number of hydrogen-bond donors (Lipinski definition) is 1. The molecule has 3 rings (SSSR count). The van der Waals surface area contributed by atoms with Crippen molar-refractivity contribution in [2.45, 2.75) is 11.3 Å². The second kappa shape index (κ2) is 7.61. The highest BCUT2D eigenvalue weighted by Gasteiger charge is 2.32. The standard InChI is InChI=1S/C18H18F2N2O4S/c1-26-15-5-3-14(4-6-15)22-11-12(8-18(22)23)10-21-27(24,25)17-7-2-13(19)9-16(17)20/h2-7,9,12,21H,8,10-11H2,1H3/t12-/m1/s1. The Morgan fingerprint density at radius 2 is 1.89 bits per heavy atom. The third-order valence-corrected chi connectivity index (χ3v) is 5.79. The smallest absolute Gasteiger partial charge is 0.243 e. The molecule has 1 saturated heterocycles. The number of carbonyl (C=O) groups is 1. The molecule has 1 N–H and O–H groups in total. The van der Waals surface area contributed by atoms with E-state index in [1.165, 1.54) is 0 Å². The topological polar surface area (TPSA) is 75.7 Å². The summed E-state index contributed by atoms with van der Waals surface area (Å²) in [5.41, 5.74) is 0.690. The van der Waals surface area contributed by atoms with Crippen molar-refractivity contribution in [3.8, 4) is 5.75 Å². The lowest BCUT2D eigenvalue weighted by molar-refractivity contribution is -0.117. The van der Waals surface area contributed by atoms with Crippen LogP contribution < -0.4 is 14.4 Å². The second-order valence-electron chi connectivity index (χ2n) is 6.20. The number of sulfonamides is 1. The fourth-order valence-electron chi connectivity index (χ4n) is 2.93. The Morgan fingerprint density at radius 3 is 2.52 bits per heavy atom. The lowest BCUT2D eigenvalue weighted by atomic mass is 10.1. The van der Waals surface area contributed by atoms with Crippen molar-refractivity contribution in [2.75, 3.05) is 25.1 Å². The summed E-state index contributed by atoms with van der Waals surface area (Å²) < 4.78 is 58.5. The Morgan fingerprint density at radius 1 is 1.19 bits per heavy atom. The molecule has 1 heterocycles. The molecule has 0 aromatic heterocycles. The van der Waals surface area contributed by atoms with E-state index < -0.39 is 26.6 Å². The summed E-state index contributed by atoms with van der Waals surface area (Å²) in [5.74, 6) is -1.75. The molecule has 2 aromatic carbocycles.